The Hall–Kier alpha value is -2.89. The van der Waals surface area contributed by atoms with Gasteiger partial charge >= 0.3 is 6.18 Å². The lowest BCUT2D eigenvalue weighted by molar-refractivity contribution is -0.155. The van der Waals surface area contributed by atoms with Crippen LogP contribution in [0, 0.1) is 23.0 Å². The molecule has 2 rings (SSSR count). The molecular weight excluding hydrogens is 321 g/mol. The van der Waals surface area contributed by atoms with Crippen molar-refractivity contribution in [1.29, 1.82) is 5.26 Å². The summed E-state index contributed by atoms with van der Waals surface area (Å²) in [5, 5.41) is 10.2. The van der Waals surface area contributed by atoms with Gasteiger partial charge in [-0.05, 0) is 12.1 Å². The molecule has 1 aromatic carbocycles. The Labute approximate surface area is 126 Å². The lowest BCUT2D eigenvalue weighted by Gasteiger charge is -2.22. The van der Waals surface area contributed by atoms with Gasteiger partial charge in [0, 0.05) is 11.8 Å². The molecule has 2 N–H and O–H groups in total. The van der Waals surface area contributed by atoms with E-state index in [1.165, 1.54) is 0 Å². The normalized spacial score (nSPS) is 12.5. The Morgan fingerprint density at radius 3 is 2.57 bits per heavy atom. The molecule has 0 radical (unpaired) electrons. The van der Waals surface area contributed by atoms with Crippen LogP contribution < -0.4 is 5.32 Å². The van der Waals surface area contributed by atoms with E-state index in [-0.39, 0.29) is 11.3 Å². The zero-order chi connectivity index (χ0) is 17.2. The number of carbonyl (C=O) groups is 1. The van der Waals surface area contributed by atoms with Crippen LogP contribution in [-0.4, -0.2) is 17.1 Å². The Bertz CT molecular complexity index is 775. The summed E-state index contributed by atoms with van der Waals surface area (Å²) in [7, 11) is 0. The van der Waals surface area contributed by atoms with Crippen molar-refractivity contribution in [3.63, 3.8) is 0 Å². The maximum absolute atomic E-state index is 13.6. The second-order valence-corrected chi connectivity index (χ2v) is 4.50. The minimum atomic E-state index is -5.04. The van der Waals surface area contributed by atoms with Crippen molar-refractivity contribution in [3.8, 4) is 6.07 Å². The fourth-order valence-corrected chi connectivity index (χ4v) is 1.88. The van der Waals surface area contributed by atoms with Crippen LogP contribution in [0.15, 0.2) is 30.5 Å². The van der Waals surface area contributed by atoms with E-state index in [0.717, 1.165) is 24.4 Å². The van der Waals surface area contributed by atoms with Gasteiger partial charge in [0.1, 0.15) is 11.8 Å². The average Bonchev–Trinajstić information content (AvgIpc) is 2.96. The molecule has 2 aromatic rings. The van der Waals surface area contributed by atoms with Gasteiger partial charge in [-0.15, -0.1) is 0 Å². The van der Waals surface area contributed by atoms with Crippen LogP contribution >= 0.6 is 0 Å². The lowest BCUT2D eigenvalue weighted by Crippen LogP contribution is -2.38. The number of rotatable bonds is 3. The number of nitrogens with one attached hydrogen (secondary N) is 2. The zero-order valence-electron chi connectivity index (χ0n) is 11.2. The van der Waals surface area contributed by atoms with Crippen LogP contribution in [0.4, 0.5) is 22.0 Å². The zero-order valence-corrected chi connectivity index (χ0v) is 11.2. The number of hydrogen-bond acceptors (Lipinski definition) is 2. The molecule has 0 aliphatic heterocycles. The third-order valence-electron chi connectivity index (χ3n) is 2.96. The molecule has 0 spiro atoms. The molecule has 1 aromatic heterocycles. The number of alkyl halides is 3. The van der Waals surface area contributed by atoms with E-state index < -0.39 is 35.3 Å². The Morgan fingerprint density at radius 1 is 1.30 bits per heavy atom. The van der Waals surface area contributed by atoms with Gasteiger partial charge in [-0.3, -0.25) is 4.79 Å². The highest BCUT2D eigenvalue weighted by Gasteiger charge is 2.43. The average molecular weight is 329 g/mol. The summed E-state index contributed by atoms with van der Waals surface area (Å²) < 4.78 is 66.1. The first-order valence-corrected chi connectivity index (χ1v) is 6.14. The molecule has 1 heterocycles. The van der Waals surface area contributed by atoms with Gasteiger partial charge < -0.3 is 10.3 Å². The second-order valence-electron chi connectivity index (χ2n) is 4.50. The van der Waals surface area contributed by atoms with E-state index >= 15 is 0 Å². The van der Waals surface area contributed by atoms with Crippen LogP contribution in [0.5, 0.6) is 0 Å². The molecule has 1 atom stereocenters. The molecule has 0 bridgehead atoms. The van der Waals surface area contributed by atoms with Crippen LogP contribution in [0.3, 0.4) is 0 Å². The summed E-state index contributed by atoms with van der Waals surface area (Å²) in [6.45, 7) is 0. The van der Waals surface area contributed by atoms with Crippen LogP contribution in [0.2, 0.25) is 0 Å². The molecule has 23 heavy (non-hydrogen) atoms. The Balaban J connectivity index is 2.35. The Kier molecular flexibility index (Phi) is 4.36. The lowest BCUT2D eigenvalue weighted by atomic mass is 10.0. The molecule has 120 valence electrons. The molecule has 4 nitrogen and oxygen atoms in total. The fraction of sp³-hybridized carbons (Fsp3) is 0.143. The maximum Gasteiger partial charge on any atom is 0.412 e. The smallest absolute Gasteiger partial charge is 0.352 e. The van der Waals surface area contributed by atoms with Gasteiger partial charge in [0.25, 0.3) is 5.91 Å². The largest absolute Gasteiger partial charge is 0.412 e. The standard InChI is InChI=1S/C14H8F5N3O/c15-10-3-1-2-9(11(10)16)12(14(17,18)19)22-13(23)7-4-8(5-20)21-6-7/h1-4,6,12,21H,(H,22,23). The third-order valence-corrected chi connectivity index (χ3v) is 2.96. The van der Waals surface area contributed by atoms with E-state index in [1.54, 1.807) is 11.4 Å². The summed E-state index contributed by atoms with van der Waals surface area (Å²) in [5.74, 6) is -4.34. The number of aromatic amines is 1. The first kappa shape index (κ1) is 16.5. The second kappa shape index (κ2) is 6.08. The van der Waals surface area contributed by atoms with Crippen LogP contribution in [-0.2, 0) is 0 Å². The topological polar surface area (TPSA) is 68.7 Å². The van der Waals surface area contributed by atoms with Crippen molar-refractivity contribution in [2.75, 3.05) is 0 Å². The van der Waals surface area contributed by atoms with Crippen molar-refractivity contribution in [2.24, 2.45) is 0 Å². The number of hydrogen-bond donors (Lipinski definition) is 2. The van der Waals surface area contributed by atoms with Gasteiger partial charge in [-0.1, -0.05) is 12.1 Å². The van der Waals surface area contributed by atoms with Gasteiger partial charge in [0.05, 0.1) is 5.56 Å². The molecular formula is C14H8F5N3O. The fourth-order valence-electron chi connectivity index (χ4n) is 1.88. The number of aromatic nitrogens is 1. The summed E-state index contributed by atoms with van der Waals surface area (Å²) in [5.41, 5.74) is -1.31. The number of amides is 1. The van der Waals surface area contributed by atoms with Crippen LogP contribution in [0.1, 0.15) is 27.7 Å². The highest BCUT2D eigenvalue weighted by molar-refractivity contribution is 5.94. The first-order valence-electron chi connectivity index (χ1n) is 6.14. The quantitative estimate of drug-likeness (QED) is 0.849. The summed E-state index contributed by atoms with van der Waals surface area (Å²) in [4.78, 5) is 14.2. The number of nitrogens with zero attached hydrogens (tertiary/aromatic N) is 1. The third kappa shape index (κ3) is 3.48. The van der Waals surface area contributed by atoms with Gasteiger partial charge in [0.15, 0.2) is 17.7 Å². The van der Waals surface area contributed by atoms with E-state index in [4.69, 9.17) is 5.26 Å². The predicted octanol–water partition coefficient (Wildman–Crippen LogP) is 3.20. The van der Waals surface area contributed by atoms with E-state index in [1.807, 2.05) is 0 Å². The molecule has 1 amide bonds. The van der Waals surface area contributed by atoms with Gasteiger partial charge in [-0.25, -0.2) is 8.78 Å². The van der Waals surface area contributed by atoms with Crippen molar-refractivity contribution in [2.45, 2.75) is 12.2 Å². The SMILES string of the molecule is N#Cc1cc(C(=O)NC(c2cccc(F)c2F)C(F)(F)F)c[nH]1. The van der Waals surface area contributed by atoms with E-state index in [2.05, 4.69) is 4.98 Å². The molecule has 0 saturated carbocycles. The molecule has 0 aliphatic carbocycles. The summed E-state index contributed by atoms with van der Waals surface area (Å²) in [6.07, 6.45) is -4.01. The number of H-pyrrole nitrogens is 1. The van der Waals surface area contributed by atoms with Gasteiger partial charge in [-0.2, -0.15) is 18.4 Å². The highest BCUT2D eigenvalue weighted by Crippen LogP contribution is 2.34. The molecule has 0 saturated heterocycles. The molecule has 0 aliphatic rings. The minimum Gasteiger partial charge on any atom is -0.352 e. The number of nitriles is 1. The number of carbonyl (C=O) groups excluding carboxylic acids is 1. The number of benzene rings is 1. The molecule has 9 heteroatoms. The highest BCUT2D eigenvalue weighted by atomic mass is 19.4. The van der Waals surface area contributed by atoms with Crippen molar-refractivity contribution in [3.05, 3.63) is 58.9 Å². The monoisotopic (exact) mass is 329 g/mol. The van der Waals surface area contributed by atoms with Crippen molar-refractivity contribution >= 4 is 5.91 Å². The summed E-state index contributed by atoms with van der Waals surface area (Å²) in [6, 6.07) is 2.27. The van der Waals surface area contributed by atoms with Crippen molar-refractivity contribution in [1.82, 2.24) is 10.3 Å². The van der Waals surface area contributed by atoms with Gasteiger partial charge in [0.2, 0.25) is 0 Å². The van der Waals surface area contributed by atoms with Crippen LogP contribution in [0.25, 0.3) is 0 Å². The molecule has 0 fully saturated rings. The summed E-state index contributed by atoms with van der Waals surface area (Å²) >= 11 is 0. The van der Waals surface area contributed by atoms with Crippen molar-refractivity contribution < 1.29 is 26.7 Å². The van der Waals surface area contributed by atoms with E-state index in [0.29, 0.717) is 6.07 Å². The minimum absolute atomic E-state index is 0.0318. The van der Waals surface area contributed by atoms with E-state index in [9.17, 15) is 26.7 Å². The molecule has 1 unspecified atom stereocenters. The number of halogens is 5. The first-order chi connectivity index (χ1) is 10.7. The predicted molar refractivity (Wildman–Crippen MR) is 68.1 cm³/mol. The maximum atomic E-state index is 13.6. The Morgan fingerprint density at radius 2 is 2.00 bits per heavy atom.